The maximum Gasteiger partial charge on any atom is 0.329 e. The summed E-state index contributed by atoms with van der Waals surface area (Å²) < 4.78 is 11.1. The molecule has 0 atom stereocenters. The second-order valence-electron chi connectivity index (χ2n) is 5.49. The number of methoxy groups -OCH3 is 1. The molecule has 6 nitrogen and oxygen atoms in total. The van der Waals surface area contributed by atoms with Crippen LogP contribution in [-0.4, -0.2) is 36.6 Å². The van der Waals surface area contributed by atoms with Crippen LogP contribution in [0.15, 0.2) is 23.9 Å². The number of benzene rings is 1. The third kappa shape index (κ3) is 3.64. The molecule has 3 amide bonds. The molecule has 2 rings (SSSR count). The number of ether oxygens (including phenoxy) is 2. The van der Waals surface area contributed by atoms with Gasteiger partial charge < -0.3 is 14.8 Å². The molecule has 1 saturated heterocycles. The zero-order valence-electron chi connectivity index (χ0n) is 13.9. The molecule has 1 aliphatic heterocycles. The van der Waals surface area contributed by atoms with Gasteiger partial charge in [-0.2, -0.15) is 0 Å². The van der Waals surface area contributed by atoms with Crippen LogP contribution in [0.3, 0.4) is 0 Å². The van der Waals surface area contributed by atoms with Crippen LogP contribution in [0, 0.1) is 0 Å². The van der Waals surface area contributed by atoms with E-state index in [2.05, 4.69) is 5.32 Å². The van der Waals surface area contributed by atoms with Crippen molar-refractivity contribution >= 4 is 18.0 Å². The molecule has 0 aliphatic carbocycles. The largest absolute Gasteiger partial charge is 0.493 e. The highest BCUT2D eigenvalue weighted by Crippen LogP contribution is 2.33. The number of nitrogens with zero attached hydrogens (tertiary/aromatic N) is 1. The molecular formula is C17H22N2O4. The van der Waals surface area contributed by atoms with E-state index in [0.717, 1.165) is 0 Å². The minimum atomic E-state index is -0.391. The summed E-state index contributed by atoms with van der Waals surface area (Å²) >= 11 is 0. The maximum atomic E-state index is 12.3. The number of carbonyl (C=O) groups excluding carboxylic acids is 2. The summed E-state index contributed by atoms with van der Waals surface area (Å²) in [5, 5.41) is 2.61. The molecule has 23 heavy (non-hydrogen) atoms. The van der Waals surface area contributed by atoms with Crippen molar-refractivity contribution in [3.63, 3.8) is 0 Å². The molecule has 6 heteroatoms. The average Bonchev–Trinajstić information content (AvgIpc) is 2.76. The van der Waals surface area contributed by atoms with Gasteiger partial charge in [0.1, 0.15) is 5.70 Å². The zero-order chi connectivity index (χ0) is 17.0. The normalized spacial score (nSPS) is 16.2. The number of urea groups is 1. The van der Waals surface area contributed by atoms with Crippen molar-refractivity contribution in [1.29, 1.82) is 0 Å². The Morgan fingerprint density at radius 3 is 2.65 bits per heavy atom. The Balaban J connectivity index is 2.39. The first-order valence-electron chi connectivity index (χ1n) is 7.66. The lowest BCUT2D eigenvalue weighted by Gasteiger charge is -2.16. The maximum absolute atomic E-state index is 12.3. The van der Waals surface area contributed by atoms with Crippen LogP contribution in [0.4, 0.5) is 4.79 Å². The van der Waals surface area contributed by atoms with Gasteiger partial charge in [-0.3, -0.25) is 9.69 Å². The summed E-state index contributed by atoms with van der Waals surface area (Å²) in [6.07, 6.45) is 2.29. The molecule has 0 saturated carbocycles. The number of carbonyl (C=O) groups is 2. The SMILES string of the molecule is CCCN1C(=O)N/C(=C/c2cccc(OC)c2OC(C)C)C1=O. The molecule has 124 valence electrons. The van der Waals surface area contributed by atoms with Gasteiger partial charge in [-0.1, -0.05) is 19.1 Å². The third-order valence-electron chi connectivity index (χ3n) is 3.29. The number of amides is 3. The highest BCUT2D eigenvalue weighted by molar-refractivity contribution is 6.14. The van der Waals surface area contributed by atoms with Crippen LogP contribution in [0.1, 0.15) is 32.8 Å². The Labute approximate surface area is 136 Å². The van der Waals surface area contributed by atoms with E-state index in [4.69, 9.17) is 9.47 Å². The smallest absolute Gasteiger partial charge is 0.329 e. The van der Waals surface area contributed by atoms with E-state index in [1.165, 1.54) is 4.90 Å². The lowest BCUT2D eigenvalue weighted by molar-refractivity contribution is -0.122. The second kappa shape index (κ2) is 7.17. The quantitative estimate of drug-likeness (QED) is 0.647. The van der Waals surface area contributed by atoms with Gasteiger partial charge in [0, 0.05) is 12.1 Å². The fourth-order valence-electron chi connectivity index (χ4n) is 2.32. The van der Waals surface area contributed by atoms with Crippen molar-refractivity contribution in [1.82, 2.24) is 10.2 Å². The Morgan fingerprint density at radius 2 is 2.04 bits per heavy atom. The Bertz CT molecular complexity index is 637. The summed E-state index contributed by atoms with van der Waals surface area (Å²) in [6, 6.07) is 5.02. The highest BCUT2D eigenvalue weighted by Gasteiger charge is 2.33. The zero-order valence-corrected chi connectivity index (χ0v) is 13.9. The van der Waals surface area contributed by atoms with Gasteiger partial charge in [-0.15, -0.1) is 0 Å². The first-order valence-corrected chi connectivity index (χ1v) is 7.66. The van der Waals surface area contributed by atoms with Crippen LogP contribution in [-0.2, 0) is 4.79 Å². The van der Waals surface area contributed by atoms with Gasteiger partial charge in [0.2, 0.25) is 0 Å². The molecule has 0 radical (unpaired) electrons. The van der Waals surface area contributed by atoms with Crippen LogP contribution < -0.4 is 14.8 Å². The highest BCUT2D eigenvalue weighted by atomic mass is 16.5. The van der Waals surface area contributed by atoms with Gasteiger partial charge >= 0.3 is 6.03 Å². The van der Waals surface area contributed by atoms with Crippen LogP contribution in [0.25, 0.3) is 6.08 Å². The van der Waals surface area contributed by atoms with Gasteiger partial charge in [-0.25, -0.2) is 4.79 Å². The standard InChI is InChI=1S/C17H22N2O4/c1-5-9-19-16(20)13(18-17(19)21)10-12-7-6-8-14(22-4)15(12)23-11(2)3/h6-8,10-11H,5,9H2,1-4H3,(H,18,21)/b13-10+. The van der Waals surface area contributed by atoms with Gasteiger partial charge in [0.15, 0.2) is 11.5 Å². The molecule has 1 heterocycles. The summed E-state index contributed by atoms with van der Waals surface area (Å²) in [6.45, 7) is 6.14. The predicted molar refractivity (Wildman–Crippen MR) is 87.3 cm³/mol. The van der Waals surface area contributed by atoms with E-state index in [1.807, 2.05) is 32.9 Å². The van der Waals surface area contributed by atoms with Crippen molar-refractivity contribution < 1.29 is 19.1 Å². The fourth-order valence-corrected chi connectivity index (χ4v) is 2.32. The summed E-state index contributed by atoms with van der Waals surface area (Å²) in [7, 11) is 1.56. The van der Waals surface area contributed by atoms with Gasteiger partial charge in [0.25, 0.3) is 5.91 Å². The number of imide groups is 1. The number of hydrogen-bond acceptors (Lipinski definition) is 4. The number of hydrogen-bond donors (Lipinski definition) is 1. The molecule has 0 bridgehead atoms. The molecule has 0 spiro atoms. The molecule has 1 aliphatic rings. The molecule has 0 aromatic heterocycles. The van der Waals surface area contributed by atoms with Crippen molar-refractivity contribution in [2.45, 2.75) is 33.3 Å². The van der Waals surface area contributed by atoms with Gasteiger partial charge in [0.05, 0.1) is 13.2 Å². The summed E-state index contributed by atoms with van der Waals surface area (Å²) in [5.74, 6) is 0.805. The predicted octanol–water partition coefficient (Wildman–Crippen LogP) is 2.79. The fraction of sp³-hybridized carbons (Fsp3) is 0.412. The van der Waals surface area contributed by atoms with E-state index in [-0.39, 0.29) is 17.7 Å². The van der Waals surface area contributed by atoms with E-state index < -0.39 is 6.03 Å². The lowest BCUT2D eigenvalue weighted by Crippen LogP contribution is -2.31. The van der Waals surface area contributed by atoms with Crippen molar-refractivity contribution in [2.75, 3.05) is 13.7 Å². The minimum Gasteiger partial charge on any atom is -0.493 e. The van der Waals surface area contributed by atoms with Crippen LogP contribution >= 0.6 is 0 Å². The molecule has 1 fully saturated rings. The molecule has 0 unspecified atom stereocenters. The Morgan fingerprint density at radius 1 is 1.30 bits per heavy atom. The first-order chi connectivity index (χ1) is 11.0. The molecular weight excluding hydrogens is 296 g/mol. The van der Waals surface area contributed by atoms with Crippen molar-refractivity contribution in [2.24, 2.45) is 0 Å². The number of rotatable bonds is 6. The van der Waals surface area contributed by atoms with E-state index in [0.29, 0.717) is 30.0 Å². The van der Waals surface area contributed by atoms with E-state index in [1.54, 1.807) is 19.3 Å². The number of nitrogens with one attached hydrogen (secondary N) is 1. The monoisotopic (exact) mass is 318 g/mol. The van der Waals surface area contributed by atoms with E-state index >= 15 is 0 Å². The minimum absolute atomic E-state index is 0.0473. The topological polar surface area (TPSA) is 67.9 Å². The lowest BCUT2D eigenvalue weighted by atomic mass is 10.1. The van der Waals surface area contributed by atoms with Crippen LogP contribution in [0.5, 0.6) is 11.5 Å². The third-order valence-corrected chi connectivity index (χ3v) is 3.29. The molecule has 1 aromatic carbocycles. The van der Waals surface area contributed by atoms with E-state index in [9.17, 15) is 9.59 Å². The Hall–Kier alpha value is -2.50. The molecule has 1 N–H and O–H groups in total. The van der Waals surface area contributed by atoms with Gasteiger partial charge in [-0.05, 0) is 32.4 Å². The van der Waals surface area contributed by atoms with Crippen molar-refractivity contribution in [3.05, 3.63) is 29.5 Å². The van der Waals surface area contributed by atoms with Crippen LogP contribution in [0.2, 0.25) is 0 Å². The average molecular weight is 318 g/mol. The first kappa shape index (κ1) is 16.9. The second-order valence-corrected chi connectivity index (χ2v) is 5.49. The molecule has 1 aromatic rings. The number of para-hydroxylation sites is 1. The summed E-state index contributed by atoms with van der Waals surface area (Å²) in [4.78, 5) is 25.4. The Kier molecular flexibility index (Phi) is 5.26. The van der Waals surface area contributed by atoms with Crippen molar-refractivity contribution in [3.8, 4) is 11.5 Å². The summed E-state index contributed by atoms with van der Waals surface area (Å²) in [5.41, 5.74) is 0.922.